The van der Waals surface area contributed by atoms with Crippen LogP contribution in [0.1, 0.15) is 17.4 Å². The minimum atomic E-state index is -0.412. The standard InChI is InChI=1S/C14H15NO4S/c1-4-19-14(16)12-8-20-13(15-12)9-5-10(17-2)7-11(6-9)18-3/h5-8H,4H2,1-3H3. The molecule has 0 N–H and O–H groups in total. The van der Waals surface area contributed by atoms with Crippen molar-refractivity contribution in [2.75, 3.05) is 20.8 Å². The minimum absolute atomic E-state index is 0.314. The number of carbonyl (C=O) groups excluding carboxylic acids is 1. The molecule has 0 bridgehead atoms. The summed E-state index contributed by atoms with van der Waals surface area (Å²) in [5, 5.41) is 2.39. The topological polar surface area (TPSA) is 57.7 Å². The highest BCUT2D eigenvalue weighted by atomic mass is 32.1. The van der Waals surface area contributed by atoms with Crippen LogP contribution in [0.3, 0.4) is 0 Å². The van der Waals surface area contributed by atoms with Crippen molar-refractivity contribution in [3.8, 4) is 22.1 Å². The summed E-state index contributed by atoms with van der Waals surface area (Å²) in [7, 11) is 3.18. The van der Waals surface area contributed by atoms with Gasteiger partial charge >= 0.3 is 5.97 Å². The van der Waals surface area contributed by atoms with Crippen molar-refractivity contribution in [1.82, 2.24) is 4.98 Å². The molecule has 0 spiro atoms. The molecular weight excluding hydrogens is 278 g/mol. The van der Waals surface area contributed by atoms with Crippen LogP contribution < -0.4 is 9.47 Å². The first-order chi connectivity index (χ1) is 9.67. The van der Waals surface area contributed by atoms with Gasteiger partial charge in [0.15, 0.2) is 5.69 Å². The zero-order valence-electron chi connectivity index (χ0n) is 11.5. The number of aromatic nitrogens is 1. The summed E-state index contributed by atoms with van der Waals surface area (Å²) < 4.78 is 15.4. The maximum absolute atomic E-state index is 11.6. The third-order valence-electron chi connectivity index (χ3n) is 2.59. The van der Waals surface area contributed by atoms with E-state index in [1.54, 1.807) is 32.6 Å². The number of ether oxygens (including phenoxy) is 3. The molecule has 20 heavy (non-hydrogen) atoms. The van der Waals surface area contributed by atoms with Gasteiger partial charge in [0.25, 0.3) is 0 Å². The highest BCUT2D eigenvalue weighted by Gasteiger charge is 2.14. The molecule has 6 heteroatoms. The van der Waals surface area contributed by atoms with Gasteiger partial charge in [0.05, 0.1) is 20.8 Å². The van der Waals surface area contributed by atoms with E-state index >= 15 is 0 Å². The van der Waals surface area contributed by atoms with E-state index in [1.807, 2.05) is 12.1 Å². The Kier molecular flexibility index (Phi) is 4.57. The number of hydrogen-bond acceptors (Lipinski definition) is 6. The first-order valence-corrected chi connectivity index (χ1v) is 6.92. The Hall–Kier alpha value is -2.08. The molecule has 0 aliphatic carbocycles. The van der Waals surface area contributed by atoms with Gasteiger partial charge in [0.1, 0.15) is 16.5 Å². The maximum atomic E-state index is 11.6. The molecule has 106 valence electrons. The van der Waals surface area contributed by atoms with Crippen LogP contribution in [0.4, 0.5) is 0 Å². The number of rotatable bonds is 5. The van der Waals surface area contributed by atoms with Gasteiger partial charge in [-0.15, -0.1) is 11.3 Å². The number of carbonyl (C=O) groups is 1. The van der Waals surface area contributed by atoms with Gasteiger partial charge in [-0.2, -0.15) is 0 Å². The lowest BCUT2D eigenvalue weighted by Gasteiger charge is -2.06. The summed E-state index contributed by atoms with van der Waals surface area (Å²) in [4.78, 5) is 15.9. The average Bonchev–Trinajstić information content (AvgIpc) is 2.97. The molecule has 0 saturated carbocycles. The van der Waals surface area contributed by atoms with Gasteiger partial charge in [-0.25, -0.2) is 9.78 Å². The molecule has 1 aromatic carbocycles. The Balaban J connectivity index is 2.34. The first-order valence-electron chi connectivity index (χ1n) is 6.04. The number of benzene rings is 1. The zero-order valence-corrected chi connectivity index (χ0v) is 12.3. The Labute approximate surface area is 121 Å². The molecule has 0 aliphatic heterocycles. The number of thiazole rings is 1. The van der Waals surface area contributed by atoms with Crippen LogP contribution in [-0.4, -0.2) is 31.8 Å². The Morgan fingerprint density at radius 3 is 2.40 bits per heavy atom. The molecule has 5 nitrogen and oxygen atoms in total. The van der Waals surface area contributed by atoms with Crippen molar-refractivity contribution in [3.05, 3.63) is 29.3 Å². The molecule has 0 amide bonds. The van der Waals surface area contributed by atoms with E-state index in [1.165, 1.54) is 11.3 Å². The predicted molar refractivity (Wildman–Crippen MR) is 76.6 cm³/mol. The predicted octanol–water partition coefficient (Wildman–Crippen LogP) is 3.00. The monoisotopic (exact) mass is 293 g/mol. The Bertz CT molecular complexity index is 587. The van der Waals surface area contributed by atoms with Gasteiger partial charge in [-0.05, 0) is 19.1 Å². The van der Waals surface area contributed by atoms with Crippen LogP contribution in [0.5, 0.6) is 11.5 Å². The lowest BCUT2D eigenvalue weighted by atomic mass is 10.2. The second-order valence-corrected chi connectivity index (χ2v) is 4.72. The van der Waals surface area contributed by atoms with Crippen LogP contribution in [0.15, 0.2) is 23.6 Å². The summed E-state index contributed by atoms with van der Waals surface area (Å²) in [5.41, 5.74) is 1.15. The summed E-state index contributed by atoms with van der Waals surface area (Å²) in [6, 6.07) is 5.47. The molecule has 1 aromatic heterocycles. The molecule has 2 aromatic rings. The lowest BCUT2D eigenvalue weighted by Crippen LogP contribution is -2.04. The van der Waals surface area contributed by atoms with Gasteiger partial charge in [-0.1, -0.05) is 0 Å². The van der Waals surface area contributed by atoms with Crippen molar-refractivity contribution < 1.29 is 19.0 Å². The average molecular weight is 293 g/mol. The minimum Gasteiger partial charge on any atom is -0.497 e. The van der Waals surface area contributed by atoms with E-state index in [9.17, 15) is 4.79 Å². The smallest absolute Gasteiger partial charge is 0.357 e. The van der Waals surface area contributed by atoms with Gasteiger partial charge in [-0.3, -0.25) is 0 Å². The second-order valence-electron chi connectivity index (χ2n) is 3.86. The van der Waals surface area contributed by atoms with Gasteiger partial charge < -0.3 is 14.2 Å². The Morgan fingerprint density at radius 1 is 1.20 bits per heavy atom. The molecule has 0 atom stereocenters. The molecule has 1 heterocycles. The largest absolute Gasteiger partial charge is 0.497 e. The number of esters is 1. The summed E-state index contributed by atoms with van der Waals surface area (Å²) >= 11 is 1.37. The molecule has 0 saturated heterocycles. The zero-order chi connectivity index (χ0) is 14.5. The highest BCUT2D eigenvalue weighted by Crippen LogP contribution is 2.31. The molecule has 0 radical (unpaired) electrons. The third-order valence-corrected chi connectivity index (χ3v) is 3.48. The summed E-state index contributed by atoms with van der Waals surface area (Å²) in [5.74, 6) is 0.935. The molecule has 0 aliphatic rings. The summed E-state index contributed by atoms with van der Waals surface area (Å²) in [6.45, 7) is 2.09. The van der Waals surface area contributed by atoms with E-state index in [2.05, 4.69) is 4.98 Å². The normalized spacial score (nSPS) is 10.2. The quantitative estimate of drug-likeness (QED) is 0.793. The van der Waals surface area contributed by atoms with Gasteiger partial charge in [0.2, 0.25) is 0 Å². The van der Waals surface area contributed by atoms with E-state index in [-0.39, 0.29) is 0 Å². The fraction of sp³-hybridized carbons (Fsp3) is 0.286. The Morgan fingerprint density at radius 2 is 1.85 bits per heavy atom. The number of methoxy groups -OCH3 is 2. The number of nitrogens with zero attached hydrogens (tertiary/aromatic N) is 1. The van der Waals surface area contributed by atoms with Gasteiger partial charge in [0, 0.05) is 17.0 Å². The fourth-order valence-corrected chi connectivity index (χ4v) is 2.41. The van der Waals surface area contributed by atoms with E-state index in [0.29, 0.717) is 28.8 Å². The van der Waals surface area contributed by atoms with E-state index < -0.39 is 5.97 Å². The van der Waals surface area contributed by atoms with Crippen molar-refractivity contribution >= 4 is 17.3 Å². The molecule has 2 rings (SSSR count). The van der Waals surface area contributed by atoms with Crippen LogP contribution in [0.25, 0.3) is 10.6 Å². The van der Waals surface area contributed by atoms with Crippen molar-refractivity contribution in [2.24, 2.45) is 0 Å². The lowest BCUT2D eigenvalue weighted by molar-refractivity contribution is 0.0520. The third kappa shape index (κ3) is 3.08. The molecule has 0 unspecified atom stereocenters. The van der Waals surface area contributed by atoms with E-state index in [0.717, 1.165) is 5.56 Å². The van der Waals surface area contributed by atoms with Crippen molar-refractivity contribution in [2.45, 2.75) is 6.92 Å². The highest BCUT2D eigenvalue weighted by molar-refractivity contribution is 7.13. The van der Waals surface area contributed by atoms with Crippen molar-refractivity contribution in [1.29, 1.82) is 0 Å². The SMILES string of the molecule is CCOC(=O)c1csc(-c2cc(OC)cc(OC)c2)n1. The molecule has 0 fully saturated rings. The van der Waals surface area contributed by atoms with Crippen LogP contribution >= 0.6 is 11.3 Å². The van der Waals surface area contributed by atoms with Crippen LogP contribution in [0.2, 0.25) is 0 Å². The molecular formula is C14H15NO4S. The van der Waals surface area contributed by atoms with E-state index in [4.69, 9.17) is 14.2 Å². The second kappa shape index (κ2) is 6.38. The number of hydrogen-bond donors (Lipinski definition) is 0. The maximum Gasteiger partial charge on any atom is 0.357 e. The fourth-order valence-electron chi connectivity index (χ4n) is 1.64. The van der Waals surface area contributed by atoms with Crippen LogP contribution in [-0.2, 0) is 4.74 Å². The summed E-state index contributed by atoms with van der Waals surface area (Å²) in [6.07, 6.45) is 0. The van der Waals surface area contributed by atoms with Crippen molar-refractivity contribution in [3.63, 3.8) is 0 Å². The van der Waals surface area contributed by atoms with Crippen LogP contribution in [0, 0.1) is 0 Å². The first kappa shape index (κ1) is 14.3.